The summed E-state index contributed by atoms with van der Waals surface area (Å²) >= 11 is 0. The van der Waals surface area contributed by atoms with Crippen LogP contribution in [0.3, 0.4) is 0 Å². The number of carbonyl (C=O) groups is 4. The first-order valence-electron chi connectivity index (χ1n) is 11.5. The Bertz CT molecular complexity index is 1410. The fraction of sp³-hybridized carbons (Fsp3) is 0.192. The van der Waals surface area contributed by atoms with E-state index in [0.29, 0.717) is 13.0 Å². The van der Waals surface area contributed by atoms with Crippen LogP contribution in [0.2, 0.25) is 0 Å². The Morgan fingerprint density at radius 2 is 1.61 bits per heavy atom. The van der Waals surface area contributed by atoms with Crippen molar-refractivity contribution in [3.8, 4) is 0 Å². The number of benzene rings is 2. The van der Waals surface area contributed by atoms with Crippen molar-refractivity contribution in [1.82, 2.24) is 20.3 Å². The molecule has 38 heavy (non-hydrogen) atoms. The summed E-state index contributed by atoms with van der Waals surface area (Å²) in [5.41, 5.74) is 1.07. The van der Waals surface area contributed by atoms with Crippen LogP contribution in [0.25, 0.3) is 0 Å². The van der Waals surface area contributed by atoms with Crippen LogP contribution in [0, 0.1) is 0 Å². The molecule has 3 rings (SSSR count). The normalized spacial score (nSPS) is 10.8. The van der Waals surface area contributed by atoms with Crippen LogP contribution in [0.5, 0.6) is 0 Å². The number of nitrogens with one attached hydrogen (secondary N) is 3. The Kier molecular flexibility index (Phi) is 9.66. The summed E-state index contributed by atoms with van der Waals surface area (Å²) in [6.07, 6.45) is 2.52. The van der Waals surface area contributed by atoms with Crippen molar-refractivity contribution in [3.05, 3.63) is 95.3 Å². The molecule has 0 aliphatic carbocycles. The van der Waals surface area contributed by atoms with Crippen LogP contribution in [-0.4, -0.2) is 57.3 Å². The van der Waals surface area contributed by atoms with E-state index in [-0.39, 0.29) is 28.3 Å². The number of hydrogen-bond acceptors (Lipinski definition) is 8. The number of sulfonamides is 1. The van der Waals surface area contributed by atoms with Crippen LogP contribution in [0.1, 0.15) is 43.2 Å². The molecule has 11 nitrogen and oxygen atoms in total. The zero-order valence-electron chi connectivity index (χ0n) is 20.5. The van der Waals surface area contributed by atoms with E-state index < -0.39 is 33.7 Å². The lowest BCUT2D eigenvalue weighted by atomic mass is 10.1. The smallest absolute Gasteiger partial charge is 0.325 e. The lowest BCUT2D eigenvalue weighted by Crippen LogP contribution is -2.32. The summed E-state index contributed by atoms with van der Waals surface area (Å²) < 4.78 is 31.9. The second-order valence-electron chi connectivity index (χ2n) is 8.00. The topological polar surface area (TPSA) is 161 Å². The Hall–Kier alpha value is -4.58. The number of rotatable bonds is 11. The summed E-state index contributed by atoms with van der Waals surface area (Å²) in [6, 6.07) is 17.5. The molecule has 0 bridgehead atoms. The minimum absolute atomic E-state index is 0.0872. The molecule has 0 radical (unpaired) electrons. The number of amides is 3. The Morgan fingerprint density at radius 1 is 0.842 bits per heavy atom. The second-order valence-corrected chi connectivity index (χ2v) is 9.68. The fourth-order valence-electron chi connectivity index (χ4n) is 3.26. The van der Waals surface area contributed by atoms with Gasteiger partial charge in [0.1, 0.15) is 12.2 Å². The van der Waals surface area contributed by atoms with E-state index in [1.807, 2.05) is 35.1 Å². The Balaban J connectivity index is 1.57. The molecule has 0 aliphatic heterocycles. The van der Waals surface area contributed by atoms with Crippen LogP contribution in [-0.2, 0) is 26.0 Å². The first kappa shape index (κ1) is 28.0. The quantitative estimate of drug-likeness (QED) is 0.244. The van der Waals surface area contributed by atoms with Gasteiger partial charge < -0.3 is 15.4 Å². The van der Waals surface area contributed by atoms with Crippen molar-refractivity contribution in [2.75, 3.05) is 20.2 Å². The number of methoxy groups -OCH3 is 1. The molecular weight excluding hydrogens is 512 g/mol. The molecule has 0 saturated heterocycles. The minimum Gasteiger partial charge on any atom is -0.468 e. The van der Waals surface area contributed by atoms with Crippen molar-refractivity contribution in [2.45, 2.75) is 17.7 Å². The number of aryl methyl sites for hydroxylation is 1. The predicted octanol–water partition coefficient (Wildman–Crippen LogP) is 1.47. The molecule has 198 valence electrons. The summed E-state index contributed by atoms with van der Waals surface area (Å²) in [5.74, 6) is -2.74. The van der Waals surface area contributed by atoms with Gasteiger partial charge >= 0.3 is 5.97 Å². The summed E-state index contributed by atoms with van der Waals surface area (Å²) in [7, 11) is -3.14. The number of ether oxygens (including phenoxy) is 1. The van der Waals surface area contributed by atoms with Gasteiger partial charge in [-0.15, -0.1) is 0 Å². The summed E-state index contributed by atoms with van der Waals surface area (Å²) in [6.45, 7) is 0.0490. The molecule has 2 aromatic carbocycles. The van der Waals surface area contributed by atoms with Gasteiger partial charge in [-0.3, -0.25) is 24.2 Å². The molecule has 12 heteroatoms. The van der Waals surface area contributed by atoms with Crippen LogP contribution >= 0.6 is 0 Å². The molecule has 3 aromatic rings. The van der Waals surface area contributed by atoms with Gasteiger partial charge in [-0.25, -0.2) is 13.1 Å². The standard InChI is InChI=1S/C26H26N4O7S/c1-37-23(31)17-29-26(34)22-13-12-20(16-28-22)25(33)30-38(35,36)21-11-5-10-19(15-21)24(32)27-14-6-9-18-7-3-2-4-8-18/h2-5,7-8,10-13,15-16H,6,9,14,17H2,1H3,(H,27,32)(H,29,34)(H,30,33). The van der Waals surface area contributed by atoms with Crippen LogP contribution in [0.15, 0.2) is 77.8 Å². The molecule has 3 N–H and O–H groups in total. The van der Waals surface area contributed by atoms with Crippen molar-refractivity contribution < 1.29 is 32.3 Å². The number of pyridine rings is 1. The number of hydrogen-bond donors (Lipinski definition) is 3. The van der Waals surface area contributed by atoms with Gasteiger partial charge in [0.25, 0.3) is 27.7 Å². The van der Waals surface area contributed by atoms with Crippen LogP contribution in [0.4, 0.5) is 0 Å². The lowest BCUT2D eigenvalue weighted by molar-refractivity contribution is -0.139. The second kappa shape index (κ2) is 13.1. The maximum atomic E-state index is 12.8. The Morgan fingerprint density at radius 3 is 2.29 bits per heavy atom. The summed E-state index contributed by atoms with van der Waals surface area (Å²) in [4.78, 5) is 51.7. The van der Waals surface area contributed by atoms with E-state index >= 15 is 0 Å². The van der Waals surface area contributed by atoms with Gasteiger partial charge in [0.2, 0.25) is 0 Å². The third-order valence-corrected chi connectivity index (χ3v) is 6.61. The molecule has 0 spiro atoms. The Labute approximate surface area is 219 Å². The zero-order valence-corrected chi connectivity index (χ0v) is 21.3. The number of nitrogens with zero attached hydrogens (tertiary/aromatic N) is 1. The SMILES string of the molecule is COC(=O)CNC(=O)c1ccc(C(=O)NS(=O)(=O)c2cccc(C(=O)NCCCc3ccccc3)c2)cn1. The van der Waals surface area contributed by atoms with E-state index in [0.717, 1.165) is 18.2 Å². The largest absolute Gasteiger partial charge is 0.468 e. The predicted molar refractivity (Wildman–Crippen MR) is 137 cm³/mol. The molecule has 0 atom stereocenters. The fourth-order valence-corrected chi connectivity index (χ4v) is 4.28. The molecule has 0 aliphatic rings. The highest BCUT2D eigenvalue weighted by Gasteiger charge is 2.21. The highest BCUT2D eigenvalue weighted by molar-refractivity contribution is 7.90. The van der Waals surface area contributed by atoms with Gasteiger partial charge in [-0.05, 0) is 48.7 Å². The van der Waals surface area contributed by atoms with Crippen molar-refractivity contribution >= 4 is 33.7 Å². The molecular formula is C26H26N4O7S. The van der Waals surface area contributed by atoms with Gasteiger partial charge in [0.15, 0.2) is 0 Å². The van der Waals surface area contributed by atoms with Gasteiger partial charge in [-0.1, -0.05) is 36.4 Å². The van der Waals surface area contributed by atoms with Gasteiger partial charge in [0, 0.05) is 18.3 Å². The van der Waals surface area contributed by atoms with Crippen molar-refractivity contribution in [3.63, 3.8) is 0 Å². The van der Waals surface area contributed by atoms with Crippen molar-refractivity contribution in [2.24, 2.45) is 0 Å². The lowest BCUT2D eigenvalue weighted by Gasteiger charge is -2.10. The molecule has 0 unspecified atom stereocenters. The van der Waals surface area contributed by atoms with E-state index in [1.54, 1.807) is 0 Å². The zero-order chi connectivity index (χ0) is 27.5. The maximum absolute atomic E-state index is 12.8. The molecule has 1 heterocycles. The first-order chi connectivity index (χ1) is 18.2. The minimum atomic E-state index is -4.31. The average molecular weight is 539 g/mol. The highest BCUT2D eigenvalue weighted by atomic mass is 32.2. The molecule has 0 fully saturated rings. The average Bonchev–Trinajstić information content (AvgIpc) is 2.94. The first-order valence-corrected chi connectivity index (χ1v) is 13.0. The molecule has 1 aromatic heterocycles. The van der Waals surface area contributed by atoms with E-state index in [2.05, 4.69) is 20.4 Å². The summed E-state index contributed by atoms with van der Waals surface area (Å²) in [5, 5.41) is 5.05. The number of aromatic nitrogens is 1. The van der Waals surface area contributed by atoms with Gasteiger partial charge in [-0.2, -0.15) is 0 Å². The third-order valence-electron chi connectivity index (χ3n) is 5.28. The third kappa shape index (κ3) is 7.96. The number of esters is 1. The monoisotopic (exact) mass is 538 g/mol. The van der Waals surface area contributed by atoms with Crippen molar-refractivity contribution in [1.29, 1.82) is 0 Å². The number of carbonyl (C=O) groups excluding carboxylic acids is 4. The van der Waals surface area contributed by atoms with E-state index in [4.69, 9.17) is 0 Å². The molecule has 0 saturated carbocycles. The molecule has 3 amide bonds. The maximum Gasteiger partial charge on any atom is 0.325 e. The van der Waals surface area contributed by atoms with E-state index in [9.17, 15) is 27.6 Å². The van der Waals surface area contributed by atoms with Crippen LogP contribution < -0.4 is 15.4 Å². The van der Waals surface area contributed by atoms with E-state index in [1.165, 1.54) is 43.5 Å². The highest BCUT2D eigenvalue weighted by Crippen LogP contribution is 2.13. The van der Waals surface area contributed by atoms with Gasteiger partial charge in [0.05, 0.1) is 17.6 Å².